The molecule has 5 heteroatoms. The van der Waals surface area contributed by atoms with Crippen molar-refractivity contribution in [2.45, 2.75) is 53.1 Å². The van der Waals surface area contributed by atoms with E-state index in [1.54, 1.807) is 7.11 Å². The highest BCUT2D eigenvalue weighted by atomic mass is 16.5. The minimum atomic E-state index is -0.485. The predicted molar refractivity (Wildman–Crippen MR) is 116 cm³/mol. The van der Waals surface area contributed by atoms with E-state index in [-0.39, 0.29) is 5.91 Å². The molecule has 2 rings (SSSR count). The average molecular weight is 400 g/mol. The average Bonchev–Trinajstić information content (AvgIpc) is 2.73. The maximum atomic E-state index is 12.5. The fraction of sp³-hybridized carbons (Fsp3) is 0.458. The molecule has 0 saturated carbocycles. The van der Waals surface area contributed by atoms with Crippen LogP contribution in [-0.2, 0) is 11.2 Å². The molecule has 1 atom stereocenters. The SMILES string of the molecule is CCOc1ccc(CCCNC(=O)C(CC)Oc2cccc(C)c2C)cc1OC. The first-order valence-electron chi connectivity index (χ1n) is 10.3. The number of carbonyl (C=O) groups is 1. The first-order valence-corrected chi connectivity index (χ1v) is 10.3. The predicted octanol–water partition coefficient (Wildman–Crippen LogP) is 4.62. The monoisotopic (exact) mass is 399 g/mol. The van der Waals surface area contributed by atoms with Crippen LogP contribution in [0.25, 0.3) is 0 Å². The third kappa shape index (κ3) is 6.41. The number of benzene rings is 2. The number of aryl methyl sites for hydroxylation is 2. The van der Waals surface area contributed by atoms with E-state index >= 15 is 0 Å². The second kappa shape index (κ2) is 11.3. The van der Waals surface area contributed by atoms with E-state index in [1.165, 1.54) is 0 Å². The fourth-order valence-corrected chi connectivity index (χ4v) is 3.09. The smallest absolute Gasteiger partial charge is 0.261 e. The molecular weight excluding hydrogens is 366 g/mol. The molecule has 2 aromatic rings. The molecule has 0 saturated heterocycles. The largest absolute Gasteiger partial charge is 0.493 e. The molecule has 0 bridgehead atoms. The number of methoxy groups -OCH3 is 1. The molecular formula is C24H33NO4. The Labute approximate surface area is 174 Å². The van der Waals surface area contributed by atoms with Crippen LogP contribution in [0.15, 0.2) is 36.4 Å². The molecule has 0 aliphatic carbocycles. The van der Waals surface area contributed by atoms with E-state index in [1.807, 2.05) is 64.1 Å². The van der Waals surface area contributed by atoms with E-state index in [0.717, 1.165) is 46.8 Å². The van der Waals surface area contributed by atoms with Gasteiger partial charge in [-0.1, -0.05) is 25.1 Å². The van der Waals surface area contributed by atoms with Crippen molar-refractivity contribution in [2.75, 3.05) is 20.3 Å². The Bertz CT molecular complexity index is 803. The lowest BCUT2D eigenvalue weighted by Gasteiger charge is -2.19. The van der Waals surface area contributed by atoms with Crippen LogP contribution in [0.4, 0.5) is 0 Å². The van der Waals surface area contributed by atoms with Gasteiger partial charge in [0.25, 0.3) is 5.91 Å². The van der Waals surface area contributed by atoms with Crippen molar-refractivity contribution < 1.29 is 19.0 Å². The van der Waals surface area contributed by atoms with Gasteiger partial charge in [-0.05, 0) is 74.9 Å². The van der Waals surface area contributed by atoms with Crippen LogP contribution in [0.2, 0.25) is 0 Å². The van der Waals surface area contributed by atoms with E-state index < -0.39 is 6.10 Å². The zero-order chi connectivity index (χ0) is 21.2. The summed E-state index contributed by atoms with van der Waals surface area (Å²) in [4.78, 5) is 12.5. The molecule has 0 heterocycles. The topological polar surface area (TPSA) is 56.8 Å². The first-order chi connectivity index (χ1) is 14.0. The van der Waals surface area contributed by atoms with E-state index in [2.05, 4.69) is 5.32 Å². The number of hydrogen-bond donors (Lipinski definition) is 1. The summed E-state index contributed by atoms with van der Waals surface area (Å²) < 4.78 is 16.9. The summed E-state index contributed by atoms with van der Waals surface area (Å²) in [6, 6.07) is 11.9. The van der Waals surface area contributed by atoms with Gasteiger partial charge in [-0.2, -0.15) is 0 Å². The summed E-state index contributed by atoms with van der Waals surface area (Å²) in [5.74, 6) is 2.19. The molecule has 1 unspecified atom stereocenters. The van der Waals surface area contributed by atoms with Crippen molar-refractivity contribution in [1.29, 1.82) is 0 Å². The molecule has 0 aliphatic rings. The zero-order valence-corrected chi connectivity index (χ0v) is 18.2. The quantitative estimate of drug-likeness (QED) is 0.560. The van der Waals surface area contributed by atoms with Crippen molar-refractivity contribution in [2.24, 2.45) is 0 Å². The number of amides is 1. The second-order valence-electron chi connectivity index (χ2n) is 7.03. The molecule has 1 amide bonds. The molecule has 0 aliphatic heterocycles. The van der Waals surface area contributed by atoms with Gasteiger partial charge < -0.3 is 19.5 Å². The minimum Gasteiger partial charge on any atom is -0.493 e. The molecule has 5 nitrogen and oxygen atoms in total. The molecule has 0 fully saturated rings. The molecule has 0 radical (unpaired) electrons. The van der Waals surface area contributed by atoms with E-state index in [4.69, 9.17) is 14.2 Å². The lowest BCUT2D eigenvalue weighted by atomic mass is 10.1. The Kier molecular flexibility index (Phi) is 8.84. The Morgan fingerprint density at radius 2 is 1.86 bits per heavy atom. The maximum absolute atomic E-state index is 12.5. The summed E-state index contributed by atoms with van der Waals surface area (Å²) in [5.41, 5.74) is 3.38. The minimum absolute atomic E-state index is 0.0716. The number of rotatable bonds is 11. The van der Waals surface area contributed by atoms with Crippen LogP contribution in [0.1, 0.15) is 43.4 Å². The molecule has 158 valence electrons. The molecule has 0 aromatic heterocycles. The van der Waals surface area contributed by atoms with Crippen molar-refractivity contribution in [3.63, 3.8) is 0 Å². The van der Waals surface area contributed by atoms with Gasteiger partial charge in [0.1, 0.15) is 5.75 Å². The van der Waals surface area contributed by atoms with Crippen molar-refractivity contribution in [1.82, 2.24) is 5.32 Å². The van der Waals surface area contributed by atoms with Gasteiger partial charge >= 0.3 is 0 Å². The summed E-state index contributed by atoms with van der Waals surface area (Å²) in [6.07, 6.45) is 1.82. The number of nitrogens with one attached hydrogen (secondary N) is 1. The molecule has 29 heavy (non-hydrogen) atoms. The maximum Gasteiger partial charge on any atom is 0.261 e. The van der Waals surface area contributed by atoms with Crippen molar-refractivity contribution in [3.05, 3.63) is 53.1 Å². The third-order valence-electron chi connectivity index (χ3n) is 4.96. The lowest BCUT2D eigenvalue weighted by molar-refractivity contribution is -0.128. The van der Waals surface area contributed by atoms with E-state index in [9.17, 15) is 4.79 Å². The van der Waals surface area contributed by atoms with Crippen LogP contribution in [0.5, 0.6) is 17.2 Å². The van der Waals surface area contributed by atoms with Gasteiger partial charge in [0, 0.05) is 6.54 Å². The first kappa shape index (κ1) is 22.6. The standard InChI is InChI=1S/C24H33NO4/c1-6-20(29-21-12-8-10-17(3)18(21)4)24(26)25-15-9-11-19-13-14-22(28-7-2)23(16-19)27-5/h8,10,12-14,16,20H,6-7,9,11,15H2,1-5H3,(H,25,26). The Hall–Kier alpha value is -2.69. The van der Waals surface area contributed by atoms with Crippen LogP contribution in [0, 0.1) is 13.8 Å². The summed E-state index contributed by atoms with van der Waals surface area (Å²) in [5, 5.41) is 3.00. The molecule has 1 N–H and O–H groups in total. The van der Waals surface area contributed by atoms with Gasteiger partial charge in [-0.15, -0.1) is 0 Å². The Morgan fingerprint density at radius 1 is 1.07 bits per heavy atom. The van der Waals surface area contributed by atoms with Gasteiger partial charge in [0.15, 0.2) is 17.6 Å². The zero-order valence-electron chi connectivity index (χ0n) is 18.2. The Balaban J connectivity index is 1.84. The molecule has 0 spiro atoms. The highest BCUT2D eigenvalue weighted by Gasteiger charge is 2.19. The van der Waals surface area contributed by atoms with Crippen molar-refractivity contribution >= 4 is 5.91 Å². The van der Waals surface area contributed by atoms with Gasteiger partial charge in [0.2, 0.25) is 0 Å². The number of ether oxygens (including phenoxy) is 3. The summed E-state index contributed by atoms with van der Waals surface area (Å²) >= 11 is 0. The summed E-state index contributed by atoms with van der Waals surface area (Å²) in [6.45, 7) is 9.16. The fourth-order valence-electron chi connectivity index (χ4n) is 3.09. The van der Waals surface area contributed by atoms with E-state index in [0.29, 0.717) is 19.6 Å². The van der Waals surface area contributed by atoms with Gasteiger partial charge in [-0.3, -0.25) is 4.79 Å². The molecule has 2 aromatic carbocycles. The Morgan fingerprint density at radius 3 is 2.55 bits per heavy atom. The number of carbonyl (C=O) groups excluding carboxylic acids is 1. The normalized spacial score (nSPS) is 11.6. The number of hydrogen-bond acceptors (Lipinski definition) is 4. The highest BCUT2D eigenvalue weighted by Crippen LogP contribution is 2.28. The van der Waals surface area contributed by atoms with Crippen LogP contribution in [0.3, 0.4) is 0 Å². The highest BCUT2D eigenvalue weighted by molar-refractivity contribution is 5.81. The van der Waals surface area contributed by atoms with Gasteiger partial charge in [0.05, 0.1) is 13.7 Å². The van der Waals surface area contributed by atoms with Crippen LogP contribution < -0.4 is 19.5 Å². The summed E-state index contributed by atoms with van der Waals surface area (Å²) in [7, 11) is 1.64. The van der Waals surface area contributed by atoms with Crippen LogP contribution in [-0.4, -0.2) is 32.3 Å². The lowest BCUT2D eigenvalue weighted by Crippen LogP contribution is -2.38. The van der Waals surface area contributed by atoms with Crippen LogP contribution >= 0.6 is 0 Å². The van der Waals surface area contributed by atoms with Gasteiger partial charge in [-0.25, -0.2) is 0 Å². The van der Waals surface area contributed by atoms with Crippen molar-refractivity contribution in [3.8, 4) is 17.2 Å². The second-order valence-corrected chi connectivity index (χ2v) is 7.03. The third-order valence-corrected chi connectivity index (χ3v) is 4.96.